The zero-order valence-electron chi connectivity index (χ0n) is 29.8. The molecule has 54 heavy (non-hydrogen) atoms. The van der Waals surface area contributed by atoms with Crippen LogP contribution in [0.3, 0.4) is 0 Å². The van der Waals surface area contributed by atoms with Crippen molar-refractivity contribution in [3.63, 3.8) is 0 Å². The number of aliphatic imine (C=N–C) groups is 1. The quantitative estimate of drug-likeness (QED) is 0.137. The molecular weight excluding hydrogens is 655 g/mol. The third-order valence-electron chi connectivity index (χ3n) is 10.6. The van der Waals surface area contributed by atoms with Gasteiger partial charge in [0.15, 0.2) is 0 Å². The van der Waals surface area contributed by atoms with Gasteiger partial charge in [0, 0.05) is 16.8 Å². The minimum Gasteiger partial charge on any atom is -0.339 e. The van der Waals surface area contributed by atoms with Crippen molar-refractivity contribution in [1.29, 1.82) is 5.41 Å². The summed E-state index contributed by atoms with van der Waals surface area (Å²) < 4.78 is 0. The first-order chi connectivity index (χ1) is 26.6. The van der Waals surface area contributed by atoms with Crippen LogP contribution in [0.2, 0.25) is 0 Å². The van der Waals surface area contributed by atoms with Crippen LogP contribution in [0.15, 0.2) is 187 Å². The van der Waals surface area contributed by atoms with Crippen molar-refractivity contribution in [2.24, 2.45) is 4.99 Å². The maximum absolute atomic E-state index is 8.11. The van der Waals surface area contributed by atoms with Gasteiger partial charge in [-0.1, -0.05) is 152 Å². The first kappa shape index (κ1) is 31.6. The molecule has 3 heteroatoms. The fourth-order valence-electron chi connectivity index (χ4n) is 8.10. The summed E-state index contributed by atoms with van der Waals surface area (Å²) in [7, 11) is 0. The summed E-state index contributed by atoms with van der Waals surface area (Å²) in [5.74, 6) is 0.774. The molecule has 10 rings (SSSR count). The maximum Gasteiger partial charge on any atom is 0.138 e. The number of hydrogen-bond acceptors (Lipinski definition) is 3. The van der Waals surface area contributed by atoms with Crippen LogP contribution in [-0.4, -0.2) is 11.5 Å². The Kier molecular flexibility index (Phi) is 7.52. The second kappa shape index (κ2) is 12.8. The highest BCUT2D eigenvalue weighted by atomic mass is 15.0. The molecule has 0 unspecified atom stereocenters. The van der Waals surface area contributed by atoms with E-state index in [4.69, 9.17) is 10.4 Å². The van der Waals surface area contributed by atoms with Crippen molar-refractivity contribution in [3.8, 4) is 33.4 Å². The SMILES string of the molecule is CC(=N)/C=C1\NC(c2ccc(-c3ccc4c(-c5ccc6ccccc6c5)c5ccccc5c(-c5ccc6ccccc6c5)c4c3)cc2)=Nc2ccccc21. The van der Waals surface area contributed by atoms with E-state index in [1.54, 1.807) is 6.92 Å². The number of para-hydroxylation sites is 1. The van der Waals surface area contributed by atoms with Crippen molar-refractivity contribution in [2.45, 2.75) is 6.92 Å². The summed E-state index contributed by atoms with van der Waals surface area (Å²) in [6.07, 6.45) is 1.86. The smallest absolute Gasteiger partial charge is 0.138 e. The highest BCUT2D eigenvalue weighted by Crippen LogP contribution is 2.45. The van der Waals surface area contributed by atoms with Gasteiger partial charge in [-0.05, 0) is 114 Å². The van der Waals surface area contributed by atoms with Gasteiger partial charge in [-0.2, -0.15) is 0 Å². The van der Waals surface area contributed by atoms with Gasteiger partial charge >= 0.3 is 0 Å². The summed E-state index contributed by atoms with van der Waals surface area (Å²) in [4.78, 5) is 4.96. The first-order valence-electron chi connectivity index (χ1n) is 18.4. The first-order valence-corrected chi connectivity index (χ1v) is 18.4. The molecule has 1 aliphatic rings. The molecule has 0 aliphatic carbocycles. The van der Waals surface area contributed by atoms with Crippen molar-refractivity contribution < 1.29 is 0 Å². The van der Waals surface area contributed by atoms with Crippen LogP contribution in [0.4, 0.5) is 5.69 Å². The Labute approximate surface area is 314 Å². The van der Waals surface area contributed by atoms with Gasteiger partial charge in [0.05, 0.1) is 11.4 Å². The van der Waals surface area contributed by atoms with Gasteiger partial charge in [-0.3, -0.25) is 0 Å². The van der Waals surface area contributed by atoms with Gasteiger partial charge in [0.1, 0.15) is 5.84 Å². The zero-order chi connectivity index (χ0) is 36.2. The molecule has 254 valence electrons. The Morgan fingerprint density at radius 1 is 0.463 bits per heavy atom. The van der Waals surface area contributed by atoms with E-state index < -0.39 is 0 Å². The van der Waals surface area contributed by atoms with Crippen LogP contribution in [0.5, 0.6) is 0 Å². The number of nitrogens with one attached hydrogen (secondary N) is 2. The Bertz CT molecular complexity index is 3040. The van der Waals surface area contributed by atoms with Crippen LogP contribution < -0.4 is 5.32 Å². The molecule has 1 heterocycles. The predicted octanol–water partition coefficient (Wildman–Crippen LogP) is 13.4. The van der Waals surface area contributed by atoms with Crippen LogP contribution in [0.1, 0.15) is 18.1 Å². The Hall–Kier alpha value is -7.10. The lowest BCUT2D eigenvalue weighted by atomic mass is 9.84. The van der Waals surface area contributed by atoms with Gasteiger partial charge in [0.2, 0.25) is 0 Å². The van der Waals surface area contributed by atoms with E-state index in [0.29, 0.717) is 5.71 Å². The molecule has 0 saturated heterocycles. The number of rotatable bonds is 5. The van der Waals surface area contributed by atoms with E-state index in [1.165, 1.54) is 65.3 Å². The van der Waals surface area contributed by atoms with Crippen LogP contribution in [0.25, 0.3) is 82.2 Å². The molecule has 2 N–H and O–H groups in total. The standard InChI is InChI=1S/C51H35N3/c1-32(52)28-48-45-16-8-9-17-47(45)53-51(54-48)36-22-18-35(19-23-36)39-26-27-44-46(31-39)50(41-25-21-34-11-3-5-13-38(34)30-41)43-15-7-6-14-42(43)49(44)40-24-20-33-10-2-4-12-37(33)29-40/h2-31,52H,1H3,(H,53,54)/b48-28-,52-32?. The van der Waals surface area contributed by atoms with E-state index in [9.17, 15) is 0 Å². The third kappa shape index (κ3) is 5.46. The topological polar surface area (TPSA) is 48.2 Å². The molecular formula is C51H35N3. The number of nitrogens with zero attached hydrogens (tertiary/aromatic N) is 1. The fraction of sp³-hybridized carbons (Fsp3) is 0.0196. The second-order valence-electron chi connectivity index (χ2n) is 14.1. The highest BCUT2D eigenvalue weighted by Gasteiger charge is 2.20. The van der Waals surface area contributed by atoms with Crippen LogP contribution >= 0.6 is 0 Å². The van der Waals surface area contributed by atoms with Gasteiger partial charge < -0.3 is 10.7 Å². The van der Waals surface area contributed by atoms with Crippen molar-refractivity contribution in [3.05, 3.63) is 193 Å². The van der Waals surface area contributed by atoms with Crippen LogP contribution in [0, 0.1) is 5.41 Å². The van der Waals surface area contributed by atoms with E-state index >= 15 is 0 Å². The average molecular weight is 690 g/mol. The lowest BCUT2D eigenvalue weighted by Crippen LogP contribution is -2.26. The van der Waals surface area contributed by atoms with Gasteiger partial charge in [-0.15, -0.1) is 0 Å². The highest BCUT2D eigenvalue weighted by molar-refractivity contribution is 6.22. The lowest BCUT2D eigenvalue weighted by Gasteiger charge is -2.21. The van der Waals surface area contributed by atoms with Gasteiger partial charge in [0.25, 0.3) is 0 Å². The van der Waals surface area contributed by atoms with Crippen LogP contribution in [-0.2, 0) is 0 Å². The van der Waals surface area contributed by atoms with E-state index in [2.05, 4.69) is 157 Å². The molecule has 0 spiro atoms. The number of allylic oxidation sites excluding steroid dienone is 1. The zero-order valence-corrected chi connectivity index (χ0v) is 29.8. The monoisotopic (exact) mass is 689 g/mol. The number of benzene rings is 9. The molecule has 9 aromatic carbocycles. The number of amidine groups is 1. The van der Waals surface area contributed by atoms with E-state index in [-0.39, 0.29) is 0 Å². The molecule has 1 aliphatic heterocycles. The van der Waals surface area contributed by atoms with E-state index in [0.717, 1.165) is 39.5 Å². The van der Waals surface area contributed by atoms with Crippen molar-refractivity contribution in [2.75, 3.05) is 0 Å². The molecule has 0 aromatic heterocycles. The maximum atomic E-state index is 8.11. The Morgan fingerprint density at radius 3 is 1.61 bits per heavy atom. The summed E-state index contributed by atoms with van der Waals surface area (Å²) in [6.45, 7) is 1.79. The molecule has 0 radical (unpaired) electrons. The number of hydrogen-bond donors (Lipinski definition) is 2. The molecule has 9 aromatic rings. The minimum atomic E-state index is 0.486. The molecule has 0 bridgehead atoms. The van der Waals surface area contributed by atoms with Gasteiger partial charge in [-0.25, -0.2) is 4.99 Å². The van der Waals surface area contributed by atoms with Crippen molar-refractivity contribution in [1.82, 2.24) is 5.32 Å². The largest absolute Gasteiger partial charge is 0.339 e. The molecule has 3 nitrogen and oxygen atoms in total. The lowest BCUT2D eigenvalue weighted by molar-refractivity contribution is 1.22. The summed E-state index contributed by atoms with van der Waals surface area (Å²) >= 11 is 0. The molecule has 0 atom stereocenters. The normalized spacial score (nSPS) is 13.3. The van der Waals surface area contributed by atoms with Crippen molar-refractivity contribution >= 4 is 66.0 Å². The molecule has 0 saturated carbocycles. The fourth-order valence-corrected chi connectivity index (χ4v) is 8.10. The Morgan fingerprint density at radius 2 is 0.963 bits per heavy atom. The number of fused-ring (bicyclic) bond motifs is 5. The minimum absolute atomic E-state index is 0.486. The second-order valence-corrected chi connectivity index (χ2v) is 14.1. The average Bonchev–Trinajstić information content (AvgIpc) is 3.22. The third-order valence-corrected chi connectivity index (χ3v) is 10.6. The molecule has 0 fully saturated rings. The summed E-state index contributed by atoms with van der Waals surface area (Å²) in [6, 6.07) is 63.5. The Balaban J connectivity index is 1.16. The molecule has 0 amide bonds. The summed E-state index contributed by atoms with van der Waals surface area (Å²) in [5, 5.41) is 21.5. The summed E-state index contributed by atoms with van der Waals surface area (Å²) in [5.41, 5.74) is 11.5. The van der Waals surface area contributed by atoms with E-state index in [1.807, 2.05) is 30.3 Å². The predicted molar refractivity (Wildman–Crippen MR) is 230 cm³/mol.